The molecule has 0 saturated carbocycles. The Morgan fingerprint density at radius 3 is 1.90 bits per heavy atom. The van der Waals surface area contributed by atoms with E-state index in [0.29, 0.717) is 0 Å². The molecule has 0 aromatic rings. The van der Waals surface area contributed by atoms with Crippen LogP contribution in [0.15, 0.2) is 0 Å². The smallest absolute Gasteiger partial charge is 0.201 e. The minimum absolute atomic E-state index is 1.25. The Bertz CT molecular complexity index is 77.3. The second-order valence-electron chi connectivity index (χ2n) is 3.20. The topological polar surface area (TPSA) is 3.24 Å². The van der Waals surface area contributed by atoms with Gasteiger partial charge in [-0.25, -0.2) is 0 Å². The fourth-order valence-electron chi connectivity index (χ4n) is 1.63. The van der Waals surface area contributed by atoms with Gasteiger partial charge in [-0.05, 0) is 25.9 Å². The molecule has 1 aliphatic rings. The van der Waals surface area contributed by atoms with Crippen molar-refractivity contribution in [2.45, 2.75) is 38.9 Å². The van der Waals surface area contributed by atoms with Gasteiger partial charge >= 0.3 is 0 Å². The Labute approximate surface area is 65.1 Å². The minimum atomic E-state index is 1.25. The van der Waals surface area contributed by atoms with Crippen LogP contribution in [0.25, 0.3) is 0 Å². The predicted octanol–water partition coefficient (Wildman–Crippen LogP) is 1.65. The van der Waals surface area contributed by atoms with Crippen molar-refractivity contribution >= 4 is 7.41 Å². The Balaban J connectivity index is 2.16. The summed E-state index contributed by atoms with van der Waals surface area (Å²) >= 11 is 0. The number of rotatable bonds is 1. The zero-order valence-corrected chi connectivity index (χ0v) is 7.10. The molecule has 58 valence electrons. The van der Waals surface area contributed by atoms with E-state index in [4.69, 9.17) is 0 Å². The van der Waals surface area contributed by atoms with Crippen LogP contribution in [0.5, 0.6) is 0 Å². The van der Waals surface area contributed by atoms with Crippen molar-refractivity contribution in [1.29, 1.82) is 0 Å². The lowest BCUT2D eigenvalue weighted by Crippen LogP contribution is -2.29. The number of hydrogen-bond donors (Lipinski definition) is 0. The summed E-state index contributed by atoms with van der Waals surface area (Å²) in [7, 11) is 1.25. The van der Waals surface area contributed by atoms with Crippen molar-refractivity contribution < 1.29 is 0 Å². The van der Waals surface area contributed by atoms with E-state index in [-0.39, 0.29) is 0 Å². The molecule has 0 unspecified atom stereocenters. The van der Waals surface area contributed by atoms with Crippen molar-refractivity contribution in [2.75, 3.05) is 13.1 Å². The van der Waals surface area contributed by atoms with Gasteiger partial charge in [-0.1, -0.05) is 26.1 Å². The summed E-state index contributed by atoms with van der Waals surface area (Å²) in [6, 6.07) is 0. The van der Waals surface area contributed by atoms with Crippen LogP contribution in [0.3, 0.4) is 0 Å². The number of hydrogen-bond acceptors (Lipinski definition) is 1. The molecule has 0 radical (unpaired) electrons. The number of nitrogens with zero attached hydrogens (tertiary/aromatic N) is 1. The Hall–Kier alpha value is 0.0249. The van der Waals surface area contributed by atoms with Crippen LogP contribution in [-0.4, -0.2) is 25.3 Å². The Kier molecular flexibility index (Phi) is 3.88. The first kappa shape index (κ1) is 8.12. The third kappa shape index (κ3) is 2.74. The molecule has 10 heavy (non-hydrogen) atoms. The normalized spacial score (nSPS) is 23.3. The molecule has 1 aliphatic heterocycles. The van der Waals surface area contributed by atoms with Crippen molar-refractivity contribution in [3.63, 3.8) is 0 Å². The van der Waals surface area contributed by atoms with E-state index in [1.807, 2.05) is 0 Å². The van der Waals surface area contributed by atoms with Crippen LogP contribution in [0.4, 0.5) is 0 Å². The lowest BCUT2D eigenvalue weighted by molar-refractivity contribution is 0.380. The van der Waals surface area contributed by atoms with Crippen LogP contribution >= 0.6 is 0 Å². The van der Waals surface area contributed by atoms with E-state index < -0.39 is 0 Å². The van der Waals surface area contributed by atoms with Gasteiger partial charge in [0.15, 0.2) is 0 Å². The zero-order chi connectivity index (χ0) is 7.23. The minimum Gasteiger partial charge on any atom is -0.345 e. The van der Waals surface area contributed by atoms with Gasteiger partial charge in [-0.15, -0.1) is 0 Å². The molecule has 0 bridgehead atoms. The van der Waals surface area contributed by atoms with E-state index in [1.54, 1.807) is 0 Å². The maximum absolute atomic E-state index is 2.57. The van der Waals surface area contributed by atoms with Crippen LogP contribution in [-0.2, 0) is 0 Å². The van der Waals surface area contributed by atoms with E-state index >= 15 is 0 Å². The maximum Gasteiger partial charge on any atom is 0.201 e. The largest absolute Gasteiger partial charge is 0.345 e. The van der Waals surface area contributed by atoms with Crippen LogP contribution in [0.1, 0.15) is 32.1 Å². The molecule has 1 heterocycles. The van der Waals surface area contributed by atoms with Crippen molar-refractivity contribution in [1.82, 2.24) is 4.81 Å². The zero-order valence-electron chi connectivity index (χ0n) is 7.10. The third-order valence-electron chi connectivity index (χ3n) is 2.40. The SMILES string of the molecule is CBN1CCCCCCC1. The molecule has 1 fully saturated rings. The monoisotopic (exact) mass is 139 g/mol. The van der Waals surface area contributed by atoms with Gasteiger partial charge in [0.25, 0.3) is 0 Å². The Morgan fingerprint density at radius 2 is 1.40 bits per heavy atom. The van der Waals surface area contributed by atoms with Gasteiger partial charge in [0.05, 0.1) is 0 Å². The summed E-state index contributed by atoms with van der Waals surface area (Å²) in [6.07, 6.45) is 7.23. The summed E-state index contributed by atoms with van der Waals surface area (Å²) in [4.78, 5) is 2.57. The fraction of sp³-hybridized carbons (Fsp3) is 1.00. The second-order valence-corrected chi connectivity index (χ2v) is 3.20. The maximum atomic E-state index is 2.57. The summed E-state index contributed by atoms with van der Waals surface area (Å²) in [5.74, 6) is 0. The fourth-order valence-corrected chi connectivity index (χ4v) is 1.63. The molecule has 0 amide bonds. The second kappa shape index (κ2) is 4.78. The molecule has 1 nitrogen and oxygen atoms in total. The first-order chi connectivity index (χ1) is 4.93. The molecule has 0 aromatic carbocycles. The van der Waals surface area contributed by atoms with Gasteiger partial charge in [0.2, 0.25) is 7.41 Å². The van der Waals surface area contributed by atoms with E-state index in [0.717, 1.165) is 0 Å². The molecule has 0 aromatic heterocycles. The van der Waals surface area contributed by atoms with Gasteiger partial charge < -0.3 is 4.81 Å². The first-order valence-electron chi connectivity index (χ1n) is 4.66. The van der Waals surface area contributed by atoms with Crippen molar-refractivity contribution in [3.05, 3.63) is 0 Å². The van der Waals surface area contributed by atoms with E-state index in [9.17, 15) is 0 Å². The predicted molar refractivity (Wildman–Crippen MR) is 47.7 cm³/mol. The van der Waals surface area contributed by atoms with Crippen LogP contribution < -0.4 is 0 Å². The average molecular weight is 139 g/mol. The standard InChI is InChI=1S/C8H18BN/c1-9-10-7-5-3-2-4-6-8-10/h9H,2-8H2,1H3. The van der Waals surface area contributed by atoms with Crippen molar-refractivity contribution in [2.24, 2.45) is 0 Å². The molecule has 1 rings (SSSR count). The van der Waals surface area contributed by atoms with Crippen molar-refractivity contribution in [3.8, 4) is 0 Å². The Morgan fingerprint density at radius 1 is 0.900 bits per heavy atom. The lowest BCUT2D eigenvalue weighted by Gasteiger charge is -2.22. The van der Waals surface area contributed by atoms with E-state index in [2.05, 4.69) is 11.6 Å². The molecule has 1 saturated heterocycles. The summed E-state index contributed by atoms with van der Waals surface area (Å²) in [6.45, 7) is 4.95. The summed E-state index contributed by atoms with van der Waals surface area (Å²) in [5.41, 5.74) is 0. The molecule has 2 heteroatoms. The lowest BCUT2D eigenvalue weighted by atomic mass is 9.93. The summed E-state index contributed by atoms with van der Waals surface area (Å²) < 4.78 is 0. The molecule has 0 aliphatic carbocycles. The molecule has 0 N–H and O–H groups in total. The highest BCUT2D eigenvalue weighted by Crippen LogP contribution is 2.08. The van der Waals surface area contributed by atoms with Crippen LogP contribution in [0.2, 0.25) is 6.82 Å². The highest BCUT2D eigenvalue weighted by Gasteiger charge is 2.04. The first-order valence-corrected chi connectivity index (χ1v) is 4.66. The van der Waals surface area contributed by atoms with Gasteiger partial charge in [0, 0.05) is 0 Å². The molecular formula is C8H18BN. The summed E-state index contributed by atoms with van der Waals surface area (Å²) in [5, 5.41) is 0. The molecule has 0 spiro atoms. The molecular weight excluding hydrogens is 121 g/mol. The van der Waals surface area contributed by atoms with Crippen LogP contribution in [0, 0.1) is 0 Å². The molecule has 0 atom stereocenters. The van der Waals surface area contributed by atoms with Gasteiger partial charge in [-0.2, -0.15) is 0 Å². The highest BCUT2D eigenvalue weighted by molar-refractivity contribution is 6.29. The third-order valence-corrected chi connectivity index (χ3v) is 2.40. The quantitative estimate of drug-likeness (QED) is 0.499. The van der Waals surface area contributed by atoms with Gasteiger partial charge in [-0.3, -0.25) is 0 Å². The van der Waals surface area contributed by atoms with E-state index in [1.165, 1.54) is 52.6 Å². The average Bonchev–Trinajstić information content (AvgIpc) is 1.87. The van der Waals surface area contributed by atoms with Gasteiger partial charge in [0.1, 0.15) is 0 Å². The highest BCUT2D eigenvalue weighted by atomic mass is 15.0.